The van der Waals surface area contributed by atoms with Gasteiger partial charge >= 0.3 is 6.09 Å². The molecule has 0 radical (unpaired) electrons. The molecule has 168 valence electrons. The molecule has 0 saturated carbocycles. The summed E-state index contributed by atoms with van der Waals surface area (Å²) >= 11 is 0. The Bertz CT molecular complexity index is 729. The first-order valence-corrected chi connectivity index (χ1v) is 11.9. The predicted molar refractivity (Wildman–Crippen MR) is 125 cm³/mol. The molecule has 1 saturated heterocycles. The second kappa shape index (κ2) is 10.1. The number of carbonyl (C=O) groups excluding carboxylic acids is 1. The molecule has 1 heterocycles. The number of hydrogen-bond acceptors (Lipinski definition) is 3. The van der Waals surface area contributed by atoms with Crippen LogP contribution in [0, 0.1) is 5.92 Å². The standard InChI is InChI=1S/C24H38N2O3S/c1-8-20(18-12-10-9-11-13-18)21(25-30(28)24(5,6)7)19-14-16-26(17-15-19)22(27)29-23(2,3)4/h8-13,19-21,25H,1,14-17H2,2-7H3/t20-,21+,30+/m0/s1. The maximum atomic E-state index is 13.0. The van der Waals surface area contributed by atoms with Crippen molar-refractivity contribution in [2.24, 2.45) is 5.92 Å². The number of ether oxygens (including phenoxy) is 1. The highest BCUT2D eigenvalue weighted by Crippen LogP contribution is 2.33. The molecule has 1 aromatic rings. The topological polar surface area (TPSA) is 58.6 Å². The molecule has 0 bridgehead atoms. The number of nitrogens with zero attached hydrogens (tertiary/aromatic N) is 1. The van der Waals surface area contributed by atoms with Gasteiger partial charge in [0.1, 0.15) is 5.60 Å². The van der Waals surface area contributed by atoms with Crippen molar-refractivity contribution in [2.45, 2.75) is 76.7 Å². The summed E-state index contributed by atoms with van der Waals surface area (Å²) in [7, 11) is -1.20. The highest BCUT2D eigenvalue weighted by molar-refractivity contribution is 7.84. The van der Waals surface area contributed by atoms with E-state index < -0.39 is 16.6 Å². The van der Waals surface area contributed by atoms with Crippen LogP contribution in [0.4, 0.5) is 4.79 Å². The number of likely N-dealkylation sites (tertiary alicyclic amines) is 1. The van der Waals surface area contributed by atoms with Crippen LogP contribution in [0.5, 0.6) is 0 Å². The van der Waals surface area contributed by atoms with Crippen LogP contribution in [0.25, 0.3) is 0 Å². The molecule has 1 aliphatic heterocycles. The first kappa shape index (κ1) is 24.6. The molecule has 6 heteroatoms. The lowest BCUT2D eigenvalue weighted by atomic mass is 9.79. The molecule has 0 spiro atoms. The number of carbonyl (C=O) groups is 1. The number of nitrogens with one attached hydrogen (secondary N) is 1. The van der Waals surface area contributed by atoms with E-state index in [0.29, 0.717) is 13.1 Å². The van der Waals surface area contributed by atoms with E-state index >= 15 is 0 Å². The number of piperidine rings is 1. The quantitative estimate of drug-likeness (QED) is 0.639. The van der Waals surface area contributed by atoms with Crippen molar-refractivity contribution in [3.05, 3.63) is 48.6 Å². The van der Waals surface area contributed by atoms with Crippen molar-refractivity contribution in [2.75, 3.05) is 13.1 Å². The fourth-order valence-corrected chi connectivity index (χ4v) is 4.64. The number of hydrogen-bond donors (Lipinski definition) is 1. The zero-order chi connectivity index (χ0) is 22.5. The molecule has 30 heavy (non-hydrogen) atoms. The van der Waals surface area contributed by atoms with Gasteiger partial charge in [0.2, 0.25) is 0 Å². The minimum atomic E-state index is -1.20. The van der Waals surface area contributed by atoms with Crippen molar-refractivity contribution in [1.82, 2.24) is 9.62 Å². The van der Waals surface area contributed by atoms with Crippen LogP contribution in [-0.2, 0) is 15.7 Å². The van der Waals surface area contributed by atoms with Crippen LogP contribution in [0.2, 0.25) is 0 Å². The van der Waals surface area contributed by atoms with E-state index in [4.69, 9.17) is 4.74 Å². The maximum absolute atomic E-state index is 13.0. The van der Waals surface area contributed by atoms with Crippen LogP contribution in [-0.4, -0.2) is 44.7 Å². The second-order valence-electron chi connectivity index (χ2n) is 10.0. The van der Waals surface area contributed by atoms with Crippen LogP contribution in [0.3, 0.4) is 0 Å². The molecule has 1 amide bonds. The Morgan fingerprint density at radius 1 is 1.17 bits per heavy atom. The summed E-state index contributed by atoms with van der Waals surface area (Å²) in [5.41, 5.74) is 0.661. The Morgan fingerprint density at radius 3 is 2.20 bits per heavy atom. The maximum Gasteiger partial charge on any atom is 0.410 e. The monoisotopic (exact) mass is 434 g/mol. The Balaban J connectivity index is 2.18. The Kier molecular flexibility index (Phi) is 8.28. The van der Waals surface area contributed by atoms with Gasteiger partial charge < -0.3 is 9.64 Å². The minimum Gasteiger partial charge on any atom is -0.444 e. The Labute approximate surface area is 184 Å². The van der Waals surface area contributed by atoms with Gasteiger partial charge in [0.05, 0.1) is 15.7 Å². The first-order chi connectivity index (χ1) is 13.9. The SMILES string of the molecule is C=C[C@@H](c1ccccc1)[C@H](N[S@](=O)C(C)(C)C)C1CCN(C(=O)OC(C)(C)C)CC1. The molecule has 0 aliphatic carbocycles. The smallest absolute Gasteiger partial charge is 0.410 e. The lowest BCUT2D eigenvalue weighted by Crippen LogP contribution is -2.50. The lowest BCUT2D eigenvalue weighted by molar-refractivity contribution is 0.0170. The summed E-state index contributed by atoms with van der Waals surface area (Å²) in [5, 5.41) is 0. The van der Waals surface area contributed by atoms with Crippen LogP contribution in [0.15, 0.2) is 43.0 Å². The third-order valence-corrected chi connectivity index (χ3v) is 6.92. The van der Waals surface area contributed by atoms with E-state index in [9.17, 15) is 9.00 Å². The molecular formula is C24H38N2O3S. The average Bonchev–Trinajstić information content (AvgIpc) is 2.66. The third-order valence-electron chi connectivity index (χ3n) is 5.32. The van der Waals surface area contributed by atoms with Crippen molar-refractivity contribution in [3.63, 3.8) is 0 Å². The third kappa shape index (κ3) is 6.95. The van der Waals surface area contributed by atoms with Crippen LogP contribution >= 0.6 is 0 Å². The van der Waals surface area contributed by atoms with Crippen LogP contribution < -0.4 is 4.72 Å². The van der Waals surface area contributed by atoms with Gasteiger partial charge in [-0.3, -0.25) is 0 Å². The molecule has 3 atom stereocenters. The predicted octanol–water partition coefficient (Wildman–Crippen LogP) is 5.02. The fourth-order valence-electron chi connectivity index (χ4n) is 3.70. The molecule has 0 unspecified atom stereocenters. The van der Waals surface area contributed by atoms with Gasteiger partial charge in [-0.15, -0.1) is 6.58 Å². The Morgan fingerprint density at radius 2 is 1.73 bits per heavy atom. The second-order valence-corrected chi connectivity index (χ2v) is 12.0. The van der Waals surface area contributed by atoms with E-state index in [-0.39, 0.29) is 28.7 Å². The van der Waals surface area contributed by atoms with E-state index in [0.717, 1.165) is 18.4 Å². The van der Waals surface area contributed by atoms with Crippen molar-refractivity contribution in [3.8, 4) is 0 Å². The molecule has 5 nitrogen and oxygen atoms in total. The van der Waals surface area contributed by atoms with Gasteiger partial charge in [0, 0.05) is 25.0 Å². The summed E-state index contributed by atoms with van der Waals surface area (Å²) in [6.45, 7) is 16.9. The normalized spacial score (nSPS) is 19.1. The van der Waals surface area contributed by atoms with Crippen molar-refractivity contribution < 1.29 is 13.7 Å². The molecule has 1 aromatic carbocycles. The van der Waals surface area contributed by atoms with E-state index in [2.05, 4.69) is 23.4 Å². The first-order valence-electron chi connectivity index (χ1n) is 10.8. The molecule has 1 fully saturated rings. The summed E-state index contributed by atoms with van der Waals surface area (Å²) in [6, 6.07) is 10.2. The lowest BCUT2D eigenvalue weighted by Gasteiger charge is -2.40. The summed E-state index contributed by atoms with van der Waals surface area (Å²) in [4.78, 5) is 14.2. The van der Waals surface area contributed by atoms with Gasteiger partial charge in [-0.2, -0.15) is 0 Å². The fraction of sp³-hybridized carbons (Fsp3) is 0.625. The summed E-state index contributed by atoms with van der Waals surface area (Å²) < 4.78 is 21.6. The van der Waals surface area contributed by atoms with Gasteiger partial charge in [0.25, 0.3) is 0 Å². The molecule has 2 rings (SSSR count). The van der Waals surface area contributed by atoms with Gasteiger partial charge in [-0.1, -0.05) is 36.4 Å². The summed E-state index contributed by atoms with van der Waals surface area (Å²) in [5.74, 6) is 0.314. The van der Waals surface area contributed by atoms with Gasteiger partial charge in [-0.05, 0) is 65.9 Å². The Hall–Kier alpha value is -1.66. The largest absolute Gasteiger partial charge is 0.444 e. The molecular weight excluding hydrogens is 396 g/mol. The highest BCUT2D eigenvalue weighted by atomic mass is 32.2. The van der Waals surface area contributed by atoms with Crippen LogP contribution in [0.1, 0.15) is 65.9 Å². The van der Waals surface area contributed by atoms with Gasteiger partial charge in [-0.25, -0.2) is 13.7 Å². The highest BCUT2D eigenvalue weighted by Gasteiger charge is 2.36. The number of rotatable bonds is 6. The van der Waals surface area contributed by atoms with Crippen molar-refractivity contribution in [1.29, 1.82) is 0 Å². The number of amides is 1. The summed E-state index contributed by atoms with van der Waals surface area (Å²) in [6.07, 6.45) is 3.35. The zero-order valence-corrected chi connectivity index (χ0v) is 20.1. The van der Waals surface area contributed by atoms with E-state index in [1.807, 2.05) is 65.8 Å². The van der Waals surface area contributed by atoms with Gasteiger partial charge in [0.15, 0.2) is 0 Å². The number of benzene rings is 1. The van der Waals surface area contributed by atoms with Crippen molar-refractivity contribution >= 4 is 17.1 Å². The molecule has 1 N–H and O–H groups in total. The van der Waals surface area contributed by atoms with E-state index in [1.165, 1.54) is 0 Å². The average molecular weight is 435 g/mol. The minimum absolute atomic E-state index is 0.0225. The zero-order valence-electron chi connectivity index (χ0n) is 19.3. The molecule has 1 aliphatic rings. The van der Waals surface area contributed by atoms with E-state index in [1.54, 1.807) is 4.90 Å². The molecule has 0 aromatic heterocycles.